The Labute approximate surface area is 120 Å². The number of rotatable bonds is 6. The summed E-state index contributed by atoms with van der Waals surface area (Å²) in [5.41, 5.74) is 1.69. The molecular weight excluding hydrogens is 276 g/mol. The zero-order chi connectivity index (χ0) is 15.0. The van der Waals surface area contributed by atoms with E-state index in [0.29, 0.717) is 12.2 Å². The number of benzene rings is 1. The van der Waals surface area contributed by atoms with Crippen molar-refractivity contribution in [3.05, 3.63) is 29.3 Å². The minimum absolute atomic E-state index is 0.0341. The molecule has 1 rings (SSSR count). The lowest BCUT2D eigenvalue weighted by atomic mass is 10.1. The summed E-state index contributed by atoms with van der Waals surface area (Å²) in [6.45, 7) is 3.70. The van der Waals surface area contributed by atoms with Gasteiger partial charge >= 0.3 is 0 Å². The molecule has 0 saturated heterocycles. The van der Waals surface area contributed by atoms with E-state index < -0.39 is 9.84 Å². The summed E-state index contributed by atoms with van der Waals surface area (Å²) in [7, 11) is -3.01. The van der Waals surface area contributed by atoms with Crippen LogP contribution in [0.3, 0.4) is 0 Å². The van der Waals surface area contributed by atoms with Crippen LogP contribution in [-0.2, 0) is 9.84 Å². The second-order valence-corrected chi connectivity index (χ2v) is 6.74. The van der Waals surface area contributed by atoms with Crippen LogP contribution in [-0.4, -0.2) is 38.2 Å². The first-order valence-corrected chi connectivity index (χ1v) is 8.34. The first-order chi connectivity index (χ1) is 9.48. The number of aliphatic hydroxyl groups excluding tert-OH is 1. The Bertz CT molecular complexity index is 594. The lowest BCUT2D eigenvalue weighted by molar-refractivity contribution is 0.338. The van der Waals surface area contributed by atoms with E-state index in [1.54, 1.807) is 12.1 Å². The third-order valence-corrected chi connectivity index (χ3v) is 4.47. The van der Waals surface area contributed by atoms with E-state index in [2.05, 4.69) is 11.8 Å². The summed E-state index contributed by atoms with van der Waals surface area (Å²) in [6.07, 6.45) is 0.625. The summed E-state index contributed by atoms with van der Waals surface area (Å²) in [5.74, 6) is 6.27. The molecule has 1 aromatic carbocycles. The molecule has 0 bridgehead atoms. The van der Waals surface area contributed by atoms with Crippen LogP contribution in [0.15, 0.2) is 18.2 Å². The van der Waals surface area contributed by atoms with Gasteiger partial charge in [0.1, 0.15) is 19.0 Å². The maximum Gasteiger partial charge on any atom is 0.153 e. The SMILES string of the molecule is CCCS(=O)(=O)CCOc1ccc(C#CCO)cc1C. The zero-order valence-corrected chi connectivity index (χ0v) is 12.7. The van der Waals surface area contributed by atoms with Crippen LogP contribution < -0.4 is 4.74 Å². The Balaban J connectivity index is 2.61. The van der Waals surface area contributed by atoms with Crippen LogP contribution in [0.2, 0.25) is 0 Å². The smallest absolute Gasteiger partial charge is 0.153 e. The molecule has 0 aliphatic rings. The van der Waals surface area contributed by atoms with Gasteiger partial charge in [-0.05, 0) is 37.1 Å². The van der Waals surface area contributed by atoms with Crippen molar-refractivity contribution in [2.24, 2.45) is 0 Å². The number of aryl methyl sites for hydroxylation is 1. The number of aliphatic hydroxyl groups is 1. The van der Waals surface area contributed by atoms with Crippen molar-refractivity contribution in [1.82, 2.24) is 0 Å². The molecule has 0 radical (unpaired) electrons. The van der Waals surface area contributed by atoms with Gasteiger partial charge in [-0.1, -0.05) is 18.8 Å². The van der Waals surface area contributed by atoms with Crippen molar-refractivity contribution in [3.63, 3.8) is 0 Å². The summed E-state index contributed by atoms with van der Waals surface area (Å²) in [4.78, 5) is 0. The van der Waals surface area contributed by atoms with Gasteiger partial charge in [-0.25, -0.2) is 8.42 Å². The molecule has 110 valence electrons. The molecule has 0 aromatic heterocycles. The van der Waals surface area contributed by atoms with Gasteiger partial charge in [-0.15, -0.1) is 0 Å². The fourth-order valence-electron chi connectivity index (χ4n) is 1.72. The zero-order valence-electron chi connectivity index (χ0n) is 11.8. The lowest BCUT2D eigenvalue weighted by Gasteiger charge is -2.09. The summed E-state index contributed by atoms with van der Waals surface area (Å²) in [5, 5.41) is 8.63. The number of hydrogen-bond donors (Lipinski definition) is 1. The second-order valence-electron chi connectivity index (χ2n) is 4.44. The molecular formula is C15H20O4S. The van der Waals surface area contributed by atoms with Gasteiger partial charge in [0.25, 0.3) is 0 Å². The maximum absolute atomic E-state index is 11.6. The molecule has 0 amide bonds. The third-order valence-electron chi connectivity index (χ3n) is 2.65. The lowest BCUT2D eigenvalue weighted by Crippen LogP contribution is -2.17. The largest absolute Gasteiger partial charge is 0.492 e. The van der Waals surface area contributed by atoms with Gasteiger partial charge in [0, 0.05) is 5.56 Å². The van der Waals surface area contributed by atoms with E-state index in [-0.39, 0.29) is 24.7 Å². The molecule has 1 aromatic rings. The van der Waals surface area contributed by atoms with Crippen molar-refractivity contribution in [3.8, 4) is 17.6 Å². The highest BCUT2D eigenvalue weighted by atomic mass is 32.2. The maximum atomic E-state index is 11.6. The van der Waals surface area contributed by atoms with Crippen LogP contribution in [0.1, 0.15) is 24.5 Å². The average molecular weight is 296 g/mol. The third kappa shape index (κ3) is 5.64. The minimum atomic E-state index is -3.01. The van der Waals surface area contributed by atoms with E-state index in [4.69, 9.17) is 9.84 Å². The summed E-state index contributed by atoms with van der Waals surface area (Å²) < 4.78 is 28.6. The Morgan fingerprint density at radius 3 is 2.65 bits per heavy atom. The van der Waals surface area contributed by atoms with Crippen LogP contribution in [0, 0.1) is 18.8 Å². The molecule has 0 aliphatic heterocycles. The fraction of sp³-hybridized carbons (Fsp3) is 0.467. The standard InChI is InChI=1S/C15H20O4S/c1-3-10-20(17,18)11-9-19-15-7-6-14(5-4-8-16)12-13(15)2/h6-7,12,16H,3,8-11H2,1-2H3. The topological polar surface area (TPSA) is 63.6 Å². The molecule has 0 aliphatic carbocycles. The predicted molar refractivity (Wildman–Crippen MR) is 79.6 cm³/mol. The van der Waals surface area contributed by atoms with Crippen molar-refractivity contribution in [2.45, 2.75) is 20.3 Å². The fourth-order valence-corrected chi connectivity index (χ4v) is 2.89. The van der Waals surface area contributed by atoms with E-state index in [0.717, 1.165) is 11.1 Å². The predicted octanol–water partition coefficient (Wildman–Crippen LogP) is 1.54. The number of sulfone groups is 1. The normalized spacial score (nSPS) is 10.8. The Kier molecular flexibility index (Phi) is 6.56. The second kappa shape index (κ2) is 7.93. The van der Waals surface area contributed by atoms with Crippen LogP contribution in [0.25, 0.3) is 0 Å². The van der Waals surface area contributed by atoms with Crippen molar-refractivity contribution in [2.75, 3.05) is 24.7 Å². The highest BCUT2D eigenvalue weighted by Crippen LogP contribution is 2.18. The van der Waals surface area contributed by atoms with Gasteiger partial charge in [0.05, 0.1) is 11.5 Å². The molecule has 0 saturated carbocycles. The van der Waals surface area contributed by atoms with E-state index in [1.165, 1.54) is 0 Å². The molecule has 20 heavy (non-hydrogen) atoms. The highest BCUT2D eigenvalue weighted by molar-refractivity contribution is 7.91. The molecule has 1 N–H and O–H groups in total. The summed E-state index contributed by atoms with van der Waals surface area (Å²) >= 11 is 0. The molecule has 0 fully saturated rings. The van der Waals surface area contributed by atoms with Crippen LogP contribution >= 0.6 is 0 Å². The molecule has 0 spiro atoms. The highest BCUT2D eigenvalue weighted by Gasteiger charge is 2.10. The van der Waals surface area contributed by atoms with E-state index in [1.807, 2.05) is 19.9 Å². The molecule has 5 heteroatoms. The Hall–Kier alpha value is -1.51. The quantitative estimate of drug-likeness (QED) is 0.809. The minimum Gasteiger partial charge on any atom is -0.492 e. The first-order valence-electron chi connectivity index (χ1n) is 6.52. The molecule has 0 atom stereocenters. The van der Waals surface area contributed by atoms with E-state index in [9.17, 15) is 8.42 Å². The monoisotopic (exact) mass is 296 g/mol. The first kappa shape index (κ1) is 16.5. The average Bonchev–Trinajstić information content (AvgIpc) is 2.38. The van der Waals surface area contributed by atoms with Gasteiger partial charge in [-0.2, -0.15) is 0 Å². The van der Waals surface area contributed by atoms with Crippen molar-refractivity contribution < 1.29 is 18.3 Å². The molecule has 0 heterocycles. The molecule has 4 nitrogen and oxygen atoms in total. The van der Waals surface area contributed by atoms with Crippen molar-refractivity contribution >= 4 is 9.84 Å². The number of hydrogen-bond acceptors (Lipinski definition) is 4. The van der Waals surface area contributed by atoms with Gasteiger partial charge in [0.15, 0.2) is 9.84 Å². The number of ether oxygens (including phenoxy) is 1. The van der Waals surface area contributed by atoms with Crippen LogP contribution in [0.4, 0.5) is 0 Å². The van der Waals surface area contributed by atoms with Gasteiger partial charge < -0.3 is 9.84 Å². The Morgan fingerprint density at radius 1 is 1.30 bits per heavy atom. The van der Waals surface area contributed by atoms with Gasteiger partial charge in [0.2, 0.25) is 0 Å². The molecule has 0 unspecified atom stereocenters. The Morgan fingerprint density at radius 2 is 2.05 bits per heavy atom. The van der Waals surface area contributed by atoms with Crippen LogP contribution in [0.5, 0.6) is 5.75 Å². The van der Waals surface area contributed by atoms with Crippen molar-refractivity contribution in [1.29, 1.82) is 0 Å². The summed E-state index contributed by atoms with van der Waals surface area (Å²) in [6, 6.07) is 5.40. The van der Waals surface area contributed by atoms with E-state index >= 15 is 0 Å². The van der Waals surface area contributed by atoms with Gasteiger partial charge in [-0.3, -0.25) is 0 Å².